The highest BCUT2D eigenvalue weighted by Gasteiger charge is 2.29. The Balaban J connectivity index is 1.44. The Labute approximate surface area is 235 Å². The van der Waals surface area contributed by atoms with E-state index < -0.39 is 9.84 Å². The molecule has 1 aromatic carbocycles. The van der Waals surface area contributed by atoms with Crippen molar-refractivity contribution in [1.82, 2.24) is 15.3 Å². The highest BCUT2D eigenvalue weighted by molar-refractivity contribution is 7.91. The summed E-state index contributed by atoms with van der Waals surface area (Å²) in [4.78, 5) is 30.3. The number of nitrogens with zero attached hydrogens (tertiary/aromatic N) is 4. The number of benzene rings is 1. The first-order valence-corrected chi connectivity index (χ1v) is 15.1. The summed E-state index contributed by atoms with van der Waals surface area (Å²) in [5, 5.41) is 6.14. The Bertz CT molecular complexity index is 1500. The van der Waals surface area contributed by atoms with Crippen LogP contribution in [0.4, 0.5) is 5.82 Å². The van der Waals surface area contributed by atoms with Gasteiger partial charge in [-0.15, -0.1) is 0 Å². The van der Waals surface area contributed by atoms with Gasteiger partial charge in [0.1, 0.15) is 18.0 Å². The number of amides is 1. The third-order valence-electron chi connectivity index (χ3n) is 6.80. The van der Waals surface area contributed by atoms with Gasteiger partial charge in [0.25, 0.3) is 5.91 Å². The van der Waals surface area contributed by atoms with E-state index in [4.69, 9.17) is 5.73 Å². The Hall–Kier alpha value is -3.86. The lowest BCUT2D eigenvalue weighted by Crippen LogP contribution is -2.26. The van der Waals surface area contributed by atoms with Gasteiger partial charge in [0.15, 0.2) is 9.84 Å². The molecule has 1 atom stereocenters. The average molecular weight is 564 g/mol. The van der Waals surface area contributed by atoms with E-state index in [1.165, 1.54) is 18.7 Å². The van der Waals surface area contributed by atoms with E-state index in [2.05, 4.69) is 30.6 Å². The molecule has 2 aromatic rings. The van der Waals surface area contributed by atoms with Gasteiger partial charge in [-0.2, -0.15) is 0 Å². The summed E-state index contributed by atoms with van der Waals surface area (Å²) in [6, 6.07) is 7.75. The molecule has 0 bridgehead atoms. The molecule has 0 aliphatic carbocycles. The van der Waals surface area contributed by atoms with Gasteiger partial charge in [-0.1, -0.05) is 12.1 Å². The smallest absolute Gasteiger partial charge is 0.254 e. The van der Waals surface area contributed by atoms with Crippen LogP contribution in [0, 0.1) is 12.8 Å². The van der Waals surface area contributed by atoms with E-state index in [0.717, 1.165) is 34.4 Å². The van der Waals surface area contributed by atoms with Gasteiger partial charge in [-0.3, -0.25) is 14.8 Å². The minimum absolute atomic E-state index is 0.0911. The monoisotopic (exact) mass is 563 g/mol. The van der Waals surface area contributed by atoms with E-state index in [0.29, 0.717) is 36.7 Å². The number of sulfone groups is 1. The van der Waals surface area contributed by atoms with Crippen LogP contribution in [-0.4, -0.2) is 59.9 Å². The molecule has 212 valence electrons. The molecule has 2 aliphatic rings. The van der Waals surface area contributed by atoms with Crippen molar-refractivity contribution >= 4 is 33.6 Å². The van der Waals surface area contributed by atoms with E-state index >= 15 is 0 Å². The molecule has 4 N–H and O–H groups in total. The molecule has 3 heterocycles. The van der Waals surface area contributed by atoms with Crippen LogP contribution >= 0.6 is 0 Å². The van der Waals surface area contributed by atoms with Crippen molar-refractivity contribution in [2.75, 3.05) is 23.4 Å². The standard InChI is InChI=1S/C29H37N7O3S/c1-19-11-21(5-6-22(19)15-32-28(37)24(14-30)16-35-29(2,3)4)25-13-27(34-18-33-25)36-26-12-23-17-40(38,39)10-8-20(23)7-9-31-26/h5-6,11-14,16,18,20H,7-10,15,17,30H2,1-4H3,(H,32,37)(H,31,33,34,36). The van der Waals surface area contributed by atoms with Crippen LogP contribution in [0.25, 0.3) is 11.3 Å². The molecule has 0 spiro atoms. The van der Waals surface area contributed by atoms with Crippen LogP contribution in [0.5, 0.6) is 0 Å². The number of hydrogen-bond acceptors (Lipinski definition) is 9. The van der Waals surface area contributed by atoms with Crippen LogP contribution < -0.4 is 16.4 Å². The molecule has 1 saturated heterocycles. The van der Waals surface area contributed by atoms with Crippen molar-refractivity contribution in [3.63, 3.8) is 0 Å². The number of aliphatic imine (C=N–C) groups is 2. The lowest BCUT2D eigenvalue weighted by Gasteiger charge is -2.23. The van der Waals surface area contributed by atoms with Crippen LogP contribution in [0.15, 0.2) is 64.0 Å². The number of nitrogens with two attached hydrogens (primary N) is 1. The molecule has 10 nitrogen and oxygen atoms in total. The number of nitrogens with one attached hydrogen (secondary N) is 2. The highest BCUT2D eigenvalue weighted by atomic mass is 32.2. The second-order valence-corrected chi connectivity index (χ2v) is 13.3. The summed E-state index contributed by atoms with van der Waals surface area (Å²) >= 11 is 0. The van der Waals surface area contributed by atoms with Crippen molar-refractivity contribution in [3.8, 4) is 11.3 Å². The van der Waals surface area contributed by atoms with E-state index in [1.807, 2.05) is 58.0 Å². The normalized spacial score (nSPS) is 19.3. The van der Waals surface area contributed by atoms with Gasteiger partial charge in [-0.25, -0.2) is 18.4 Å². The Morgan fingerprint density at radius 2 is 2.00 bits per heavy atom. The van der Waals surface area contributed by atoms with Gasteiger partial charge in [-0.05, 0) is 75.3 Å². The molecule has 1 amide bonds. The van der Waals surface area contributed by atoms with Crippen molar-refractivity contribution in [1.29, 1.82) is 0 Å². The predicted molar refractivity (Wildman–Crippen MR) is 160 cm³/mol. The zero-order valence-corrected chi connectivity index (χ0v) is 24.3. The molecule has 4 rings (SSSR count). The molecule has 1 aromatic heterocycles. The predicted octanol–water partition coefficient (Wildman–Crippen LogP) is 3.36. The fraction of sp³-hybridized carbons (Fsp3) is 0.414. The summed E-state index contributed by atoms with van der Waals surface area (Å²) in [6.07, 6.45) is 7.61. The first-order valence-electron chi connectivity index (χ1n) is 13.3. The van der Waals surface area contributed by atoms with Crippen LogP contribution in [0.1, 0.15) is 44.7 Å². The fourth-order valence-corrected chi connectivity index (χ4v) is 6.18. The van der Waals surface area contributed by atoms with E-state index in [-0.39, 0.29) is 28.9 Å². The van der Waals surface area contributed by atoms with Crippen LogP contribution in [-0.2, 0) is 21.2 Å². The molecular weight excluding hydrogens is 526 g/mol. The molecule has 0 radical (unpaired) electrons. The van der Waals surface area contributed by atoms with Gasteiger partial charge in [0.05, 0.1) is 28.3 Å². The maximum Gasteiger partial charge on any atom is 0.254 e. The number of fused-ring (bicyclic) bond motifs is 1. The van der Waals surface area contributed by atoms with Gasteiger partial charge < -0.3 is 16.4 Å². The number of carbonyl (C=O) groups excluding carboxylic acids is 1. The summed E-state index contributed by atoms with van der Waals surface area (Å²) in [7, 11) is -3.05. The van der Waals surface area contributed by atoms with Crippen molar-refractivity contribution in [2.45, 2.75) is 52.6 Å². The number of carbonyl (C=O) groups is 1. The minimum atomic E-state index is -3.05. The molecule has 1 unspecified atom stereocenters. The van der Waals surface area contributed by atoms with Crippen LogP contribution in [0.2, 0.25) is 0 Å². The lowest BCUT2D eigenvalue weighted by molar-refractivity contribution is -0.117. The number of aryl methyl sites for hydroxylation is 1. The second kappa shape index (κ2) is 12.1. The first-order chi connectivity index (χ1) is 18.9. The van der Waals surface area contributed by atoms with Crippen LogP contribution in [0.3, 0.4) is 0 Å². The summed E-state index contributed by atoms with van der Waals surface area (Å²) in [6.45, 7) is 8.79. The molecule has 11 heteroatoms. The molecule has 1 fully saturated rings. The van der Waals surface area contributed by atoms with E-state index in [9.17, 15) is 13.2 Å². The average Bonchev–Trinajstić information content (AvgIpc) is 3.08. The molecule has 0 saturated carbocycles. The van der Waals surface area contributed by atoms with Gasteiger partial charge >= 0.3 is 0 Å². The quantitative estimate of drug-likeness (QED) is 0.360. The minimum Gasteiger partial charge on any atom is -0.404 e. The highest BCUT2D eigenvalue weighted by Crippen LogP contribution is 2.29. The largest absolute Gasteiger partial charge is 0.404 e. The molecular formula is C29H37N7O3S. The Morgan fingerprint density at radius 3 is 2.73 bits per heavy atom. The second-order valence-electron chi connectivity index (χ2n) is 11.1. The number of amidine groups is 1. The Morgan fingerprint density at radius 1 is 1.20 bits per heavy atom. The zero-order valence-electron chi connectivity index (χ0n) is 23.4. The van der Waals surface area contributed by atoms with Crippen molar-refractivity contribution < 1.29 is 13.2 Å². The zero-order chi connectivity index (χ0) is 28.9. The van der Waals surface area contributed by atoms with Crippen molar-refractivity contribution in [2.24, 2.45) is 21.6 Å². The fourth-order valence-electron chi connectivity index (χ4n) is 4.56. The summed E-state index contributed by atoms with van der Waals surface area (Å²) in [5.74, 6) is 1.49. The maximum absolute atomic E-state index is 12.6. The summed E-state index contributed by atoms with van der Waals surface area (Å²) in [5.41, 5.74) is 10.1. The van der Waals surface area contributed by atoms with E-state index in [1.54, 1.807) is 0 Å². The number of anilines is 1. The number of rotatable bonds is 6. The number of aromatic nitrogens is 2. The molecule has 2 aliphatic heterocycles. The van der Waals surface area contributed by atoms with Gasteiger partial charge in [0.2, 0.25) is 0 Å². The van der Waals surface area contributed by atoms with Gasteiger partial charge in [0, 0.05) is 37.1 Å². The SMILES string of the molecule is Cc1cc(-c2cc(NC3=NCCC4CCS(=O)(=O)CC4=C3)ncn2)ccc1CNC(=O)C(C=NC(C)(C)C)=CN. The summed E-state index contributed by atoms with van der Waals surface area (Å²) < 4.78 is 24.3. The third kappa shape index (κ3) is 7.84. The topological polar surface area (TPSA) is 152 Å². The lowest BCUT2D eigenvalue weighted by atomic mass is 9.94. The Kier molecular flexibility index (Phi) is 8.82. The third-order valence-corrected chi connectivity index (χ3v) is 8.43. The maximum atomic E-state index is 12.6. The first kappa shape index (κ1) is 29.1. The number of hydrogen-bond donors (Lipinski definition) is 3. The van der Waals surface area contributed by atoms with Crippen molar-refractivity contribution in [3.05, 3.63) is 65.1 Å². The molecule has 40 heavy (non-hydrogen) atoms.